The number of hydrogen-bond donors (Lipinski definition) is 2. The minimum Gasteiger partial charge on any atom is -0.354 e. The van der Waals surface area contributed by atoms with Crippen molar-refractivity contribution in [3.63, 3.8) is 0 Å². The quantitative estimate of drug-likeness (QED) is 0.765. The molecule has 0 spiro atoms. The summed E-state index contributed by atoms with van der Waals surface area (Å²) in [7, 11) is 0. The van der Waals surface area contributed by atoms with Gasteiger partial charge in [-0.05, 0) is 24.2 Å². The summed E-state index contributed by atoms with van der Waals surface area (Å²) in [6.07, 6.45) is 6.76. The molecule has 0 radical (unpaired) electrons. The minimum atomic E-state index is 0.118. The molecule has 1 amide bonds. The summed E-state index contributed by atoms with van der Waals surface area (Å²) in [6, 6.07) is 0.363. The Morgan fingerprint density at radius 1 is 1.22 bits per heavy atom. The molecule has 18 heavy (non-hydrogen) atoms. The normalized spacial score (nSPS) is 18.1. The van der Waals surface area contributed by atoms with E-state index < -0.39 is 0 Å². The second kappa shape index (κ2) is 7.13. The van der Waals surface area contributed by atoms with Crippen LogP contribution in [0.15, 0.2) is 0 Å². The van der Waals surface area contributed by atoms with Gasteiger partial charge in [0.2, 0.25) is 5.91 Å². The zero-order valence-electron chi connectivity index (χ0n) is 12.5. The molecule has 0 aromatic heterocycles. The van der Waals surface area contributed by atoms with Crippen LogP contribution in [0.5, 0.6) is 0 Å². The number of carbonyl (C=O) groups excluding carboxylic acids is 1. The summed E-state index contributed by atoms with van der Waals surface area (Å²) >= 11 is 0. The number of nitrogens with one attached hydrogen (secondary N) is 2. The zero-order chi connectivity index (χ0) is 13.6. The fourth-order valence-electron chi connectivity index (χ4n) is 2.71. The molecule has 1 saturated carbocycles. The van der Waals surface area contributed by atoms with Crippen molar-refractivity contribution in [3.8, 4) is 0 Å². The monoisotopic (exact) mass is 254 g/mol. The van der Waals surface area contributed by atoms with E-state index in [1.165, 1.54) is 32.1 Å². The van der Waals surface area contributed by atoms with Crippen LogP contribution in [0.2, 0.25) is 0 Å². The first-order valence-electron chi connectivity index (χ1n) is 7.42. The van der Waals surface area contributed by atoms with Crippen LogP contribution in [0.3, 0.4) is 0 Å². The second-order valence-electron chi connectivity index (χ2n) is 6.64. The fraction of sp³-hybridized carbons (Fsp3) is 0.933. The molecule has 0 aromatic rings. The first-order valence-corrected chi connectivity index (χ1v) is 7.42. The molecule has 3 nitrogen and oxygen atoms in total. The van der Waals surface area contributed by atoms with Gasteiger partial charge in [0, 0.05) is 12.6 Å². The van der Waals surface area contributed by atoms with Gasteiger partial charge >= 0.3 is 0 Å². The van der Waals surface area contributed by atoms with Crippen molar-refractivity contribution in [2.75, 3.05) is 13.1 Å². The lowest BCUT2D eigenvalue weighted by atomic mass is 9.71. The van der Waals surface area contributed by atoms with Crippen LogP contribution in [0.4, 0.5) is 0 Å². The molecular formula is C15H30N2O. The molecule has 0 bridgehead atoms. The van der Waals surface area contributed by atoms with Crippen LogP contribution in [0, 0.1) is 11.3 Å². The van der Waals surface area contributed by atoms with Gasteiger partial charge in [0.1, 0.15) is 0 Å². The van der Waals surface area contributed by atoms with E-state index >= 15 is 0 Å². The molecule has 3 heteroatoms. The summed E-state index contributed by atoms with van der Waals surface area (Å²) in [6.45, 7) is 9.92. The van der Waals surface area contributed by atoms with Crippen molar-refractivity contribution < 1.29 is 4.79 Å². The van der Waals surface area contributed by atoms with Gasteiger partial charge in [0.25, 0.3) is 0 Å². The largest absolute Gasteiger partial charge is 0.354 e. The third kappa shape index (κ3) is 5.38. The molecule has 2 N–H and O–H groups in total. The topological polar surface area (TPSA) is 41.1 Å². The zero-order valence-corrected chi connectivity index (χ0v) is 12.5. The third-order valence-electron chi connectivity index (χ3n) is 4.12. The number of carbonyl (C=O) groups is 1. The molecule has 0 aliphatic heterocycles. The minimum absolute atomic E-state index is 0.118. The molecule has 0 heterocycles. The molecular weight excluding hydrogens is 224 g/mol. The van der Waals surface area contributed by atoms with Gasteiger partial charge in [-0.3, -0.25) is 4.79 Å². The summed E-state index contributed by atoms with van der Waals surface area (Å²) in [5, 5.41) is 6.22. The van der Waals surface area contributed by atoms with E-state index in [0.717, 1.165) is 12.5 Å². The SMILES string of the molecule is CC(C)NCC(=O)NCC(C)(C)C1CCCCC1. The lowest BCUT2D eigenvalue weighted by molar-refractivity contribution is -0.121. The highest BCUT2D eigenvalue weighted by Crippen LogP contribution is 2.37. The van der Waals surface area contributed by atoms with Gasteiger partial charge in [-0.2, -0.15) is 0 Å². The molecule has 1 aliphatic carbocycles. The average Bonchev–Trinajstić information content (AvgIpc) is 2.35. The molecule has 1 aliphatic rings. The molecule has 1 rings (SSSR count). The summed E-state index contributed by atoms with van der Waals surface area (Å²) < 4.78 is 0. The van der Waals surface area contributed by atoms with Gasteiger partial charge in [-0.1, -0.05) is 47.0 Å². The maximum absolute atomic E-state index is 11.7. The Balaban J connectivity index is 2.29. The van der Waals surface area contributed by atoms with Crippen LogP contribution in [0.25, 0.3) is 0 Å². The van der Waals surface area contributed by atoms with E-state index in [9.17, 15) is 4.79 Å². The van der Waals surface area contributed by atoms with Crippen molar-refractivity contribution in [2.24, 2.45) is 11.3 Å². The Morgan fingerprint density at radius 3 is 2.39 bits per heavy atom. The number of amides is 1. The van der Waals surface area contributed by atoms with Crippen molar-refractivity contribution in [1.29, 1.82) is 0 Å². The van der Waals surface area contributed by atoms with Crippen molar-refractivity contribution in [1.82, 2.24) is 10.6 Å². The van der Waals surface area contributed by atoms with E-state index in [4.69, 9.17) is 0 Å². The summed E-state index contributed by atoms with van der Waals surface area (Å²) in [5.41, 5.74) is 0.230. The molecule has 106 valence electrons. The van der Waals surface area contributed by atoms with E-state index in [1.807, 2.05) is 0 Å². The van der Waals surface area contributed by atoms with Gasteiger partial charge in [-0.25, -0.2) is 0 Å². The predicted octanol–water partition coefficient (Wildman–Crippen LogP) is 2.71. The average molecular weight is 254 g/mol. The maximum atomic E-state index is 11.7. The molecule has 0 aromatic carbocycles. The lowest BCUT2D eigenvalue weighted by Gasteiger charge is -2.37. The highest BCUT2D eigenvalue weighted by molar-refractivity contribution is 5.78. The van der Waals surface area contributed by atoms with E-state index in [-0.39, 0.29) is 11.3 Å². The summed E-state index contributed by atoms with van der Waals surface area (Å²) in [4.78, 5) is 11.7. The van der Waals surface area contributed by atoms with Gasteiger partial charge in [0.15, 0.2) is 0 Å². The van der Waals surface area contributed by atoms with Crippen molar-refractivity contribution >= 4 is 5.91 Å². The number of hydrogen-bond acceptors (Lipinski definition) is 2. The lowest BCUT2D eigenvalue weighted by Crippen LogP contribution is -2.43. The molecule has 0 unspecified atom stereocenters. The van der Waals surface area contributed by atoms with Gasteiger partial charge < -0.3 is 10.6 Å². The van der Waals surface area contributed by atoms with Crippen LogP contribution < -0.4 is 10.6 Å². The summed E-state index contributed by atoms with van der Waals surface area (Å²) in [5.74, 6) is 0.886. The van der Waals surface area contributed by atoms with Crippen molar-refractivity contribution in [3.05, 3.63) is 0 Å². The standard InChI is InChI=1S/C15H30N2O/c1-12(2)16-10-14(18)17-11-15(3,4)13-8-6-5-7-9-13/h12-13,16H,5-11H2,1-4H3,(H,17,18). The Morgan fingerprint density at radius 2 is 1.83 bits per heavy atom. The third-order valence-corrected chi connectivity index (χ3v) is 4.12. The van der Waals surface area contributed by atoms with Crippen molar-refractivity contribution in [2.45, 2.75) is 65.8 Å². The van der Waals surface area contributed by atoms with Crippen LogP contribution >= 0.6 is 0 Å². The van der Waals surface area contributed by atoms with Crippen LogP contribution in [-0.2, 0) is 4.79 Å². The van der Waals surface area contributed by atoms with E-state index in [2.05, 4.69) is 38.3 Å². The second-order valence-corrected chi connectivity index (χ2v) is 6.64. The Hall–Kier alpha value is -0.570. The Bertz CT molecular complexity index is 255. The molecule has 0 atom stereocenters. The van der Waals surface area contributed by atoms with Gasteiger partial charge in [0.05, 0.1) is 6.54 Å². The van der Waals surface area contributed by atoms with Crippen LogP contribution in [-0.4, -0.2) is 25.0 Å². The predicted molar refractivity (Wildman–Crippen MR) is 76.5 cm³/mol. The molecule has 1 fully saturated rings. The first kappa shape index (κ1) is 15.5. The highest BCUT2D eigenvalue weighted by Gasteiger charge is 2.30. The van der Waals surface area contributed by atoms with E-state index in [1.54, 1.807) is 0 Å². The highest BCUT2D eigenvalue weighted by atomic mass is 16.1. The smallest absolute Gasteiger partial charge is 0.233 e. The Kier molecular flexibility index (Phi) is 6.13. The molecule has 0 saturated heterocycles. The van der Waals surface area contributed by atoms with E-state index in [0.29, 0.717) is 12.6 Å². The van der Waals surface area contributed by atoms with Gasteiger partial charge in [-0.15, -0.1) is 0 Å². The van der Waals surface area contributed by atoms with Crippen LogP contribution in [0.1, 0.15) is 59.8 Å². The fourth-order valence-corrected chi connectivity index (χ4v) is 2.71. The first-order chi connectivity index (χ1) is 8.42. The Labute approximate surface area is 112 Å². The number of rotatable bonds is 6. The maximum Gasteiger partial charge on any atom is 0.233 e.